The fraction of sp³-hybridized carbons (Fsp3) is 0.647. The largest absolute Gasteiger partial charge is 0.493 e. The van der Waals surface area contributed by atoms with Gasteiger partial charge in [-0.05, 0) is 42.6 Å². The average molecular weight is 294 g/mol. The summed E-state index contributed by atoms with van der Waals surface area (Å²) >= 11 is 4.55. The molecule has 1 fully saturated rings. The normalized spacial score (nSPS) is 19.6. The van der Waals surface area contributed by atoms with Gasteiger partial charge in [0.05, 0.1) is 6.61 Å². The molecule has 2 nitrogen and oxygen atoms in total. The van der Waals surface area contributed by atoms with Crippen LogP contribution in [0.5, 0.6) is 5.75 Å². The SMILES string of the molecule is CCC(C)c1ccccc1OCC1(CS)CCOCC1. The van der Waals surface area contributed by atoms with Gasteiger partial charge in [0.1, 0.15) is 5.75 Å². The maximum atomic E-state index is 6.19. The van der Waals surface area contributed by atoms with Gasteiger partial charge in [-0.25, -0.2) is 0 Å². The van der Waals surface area contributed by atoms with Crippen molar-refractivity contribution in [1.29, 1.82) is 0 Å². The highest BCUT2D eigenvalue weighted by molar-refractivity contribution is 7.80. The minimum Gasteiger partial charge on any atom is -0.493 e. The molecule has 112 valence electrons. The molecule has 0 radical (unpaired) electrons. The van der Waals surface area contributed by atoms with E-state index in [2.05, 4.69) is 50.7 Å². The minimum atomic E-state index is 0.171. The van der Waals surface area contributed by atoms with E-state index < -0.39 is 0 Å². The number of thiol groups is 1. The lowest BCUT2D eigenvalue weighted by atomic mass is 9.83. The van der Waals surface area contributed by atoms with E-state index in [-0.39, 0.29) is 5.41 Å². The Balaban J connectivity index is 2.06. The zero-order valence-corrected chi connectivity index (χ0v) is 13.5. The highest BCUT2D eigenvalue weighted by Gasteiger charge is 2.32. The van der Waals surface area contributed by atoms with E-state index in [0.29, 0.717) is 5.92 Å². The molecule has 2 rings (SSSR count). The van der Waals surface area contributed by atoms with Crippen LogP contribution in [-0.4, -0.2) is 25.6 Å². The van der Waals surface area contributed by atoms with Crippen molar-refractivity contribution in [3.63, 3.8) is 0 Å². The molecule has 3 heteroatoms. The van der Waals surface area contributed by atoms with Gasteiger partial charge in [-0.2, -0.15) is 12.6 Å². The Morgan fingerprint density at radius 2 is 2.00 bits per heavy atom. The summed E-state index contributed by atoms with van der Waals surface area (Å²) in [6.45, 7) is 6.88. The number of benzene rings is 1. The predicted molar refractivity (Wildman–Crippen MR) is 87.0 cm³/mol. The fourth-order valence-electron chi connectivity index (χ4n) is 2.62. The Morgan fingerprint density at radius 3 is 2.65 bits per heavy atom. The third-order valence-electron chi connectivity index (χ3n) is 4.49. The molecule has 0 spiro atoms. The summed E-state index contributed by atoms with van der Waals surface area (Å²) in [6, 6.07) is 8.42. The summed E-state index contributed by atoms with van der Waals surface area (Å²) in [5.41, 5.74) is 1.49. The zero-order chi connectivity index (χ0) is 14.4. The predicted octanol–water partition coefficient (Wildman–Crippen LogP) is 4.31. The molecular formula is C17H26O2S. The summed E-state index contributed by atoms with van der Waals surface area (Å²) in [5.74, 6) is 2.43. The molecule has 0 saturated carbocycles. The third kappa shape index (κ3) is 3.70. The Hall–Kier alpha value is -0.670. The van der Waals surface area contributed by atoms with Crippen LogP contribution >= 0.6 is 12.6 Å². The lowest BCUT2D eigenvalue weighted by Gasteiger charge is -2.35. The topological polar surface area (TPSA) is 18.5 Å². The van der Waals surface area contributed by atoms with Crippen LogP contribution < -0.4 is 4.74 Å². The first kappa shape index (κ1) is 15.7. The van der Waals surface area contributed by atoms with E-state index in [4.69, 9.17) is 9.47 Å². The van der Waals surface area contributed by atoms with Gasteiger partial charge in [-0.3, -0.25) is 0 Å². The van der Waals surface area contributed by atoms with Crippen LogP contribution in [0.2, 0.25) is 0 Å². The Labute approximate surface area is 128 Å². The van der Waals surface area contributed by atoms with Gasteiger partial charge >= 0.3 is 0 Å². The van der Waals surface area contributed by atoms with E-state index in [0.717, 1.165) is 50.6 Å². The van der Waals surface area contributed by atoms with Gasteiger partial charge < -0.3 is 9.47 Å². The van der Waals surface area contributed by atoms with E-state index in [1.165, 1.54) is 5.56 Å². The first-order valence-corrected chi connectivity index (χ1v) is 8.24. The van der Waals surface area contributed by atoms with Crippen LogP contribution in [0.15, 0.2) is 24.3 Å². The Kier molecular flexibility index (Phi) is 5.79. The van der Waals surface area contributed by atoms with Crippen molar-refractivity contribution >= 4 is 12.6 Å². The molecule has 1 saturated heterocycles. The van der Waals surface area contributed by atoms with Crippen molar-refractivity contribution in [3.05, 3.63) is 29.8 Å². The van der Waals surface area contributed by atoms with E-state index >= 15 is 0 Å². The molecule has 0 N–H and O–H groups in total. The second-order valence-corrected chi connectivity index (χ2v) is 6.22. The van der Waals surface area contributed by atoms with Crippen molar-refractivity contribution in [3.8, 4) is 5.75 Å². The lowest BCUT2D eigenvalue weighted by molar-refractivity contribution is 0.00289. The van der Waals surface area contributed by atoms with E-state index in [1.807, 2.05) is 0 Å². The molecule has 0 aromatic heterocycles. The second kappa shape index (κ2) is 7.37. The first-order chi connectivity index (χ1) is 9.71. The van der Waals surface area contributed by atoms with Crippen molar-refractivity contribution in [2.75, 3.05) is 25.6 Å². The molecule has 1 atom stereocenters. The van der Waals surface area contributed by atoms with Gasteiger partial charge in [0, 0.05) is 18.6 Å². The molecule has 1 aliphatic heterocycles. The average Bonchev–Trinajstić information content (AvgIpc) is 2.53. The van der Waals surface area contributed by atoms with E-state index in [9.17, 15) is 0 Å². The maximum Gasteiger partial charge on any atom is 0.122 e. The van der Waals surface area contributed by atoms with Crippen LogP contribution in [-0.2, 0) is 4.74 Å². The summed E-state index contributed by atoms with van der Waals surface area (Å²) in [6.07, 6.45) is 3.22. The summed E-state index contributed by atoms with van der Waals surface area (Å²) in [4.78, 5) is 0. The highest BCUT2D eigenvalue weighted by atomic mass is 32.1. The number of hydrogen-bond donors (Lipinski definition) is 1. The van der Waals surface area contributed by atoms with Crippen LogP contribution in [0.3, 0.4) is 0 Å². The van der Waals surface area contributed by atoms with Crippen molar-refractivity contribution in [1.82, 2.24) is 0 Å². The molecule has 1 unspecified atom stereocenters. The molecular weight excluding hydrogens is 268 g/mol. The number of ether oxygens (including phenoxy) is 2. The van der Waals surface area contributed by atoms with E-state index in [1.54, 1.807) is 0 Å². The molecule has 0 aliphatic carbocycles. The van der Waals surface area contributed by atoms with Crippen LogP contribution in [0, 0.1) is 5.41 Å². The Morgan fingerprint density at radius 1 is 1.30 bits per heavy atom. The highest BCUT2D eigenvalue weighted by Crippen LogP contribution is 2.34. The van der Waals surface area contributed by atoms with Gasteiger partial charge in [-0.1, -0.05) is 32.0 Å². The molecule has 1 aromatic rings. The van der Waals surface area contributed by atoms with Gasteiger partial charge in [0.15, 0.2) is 0 Å². The molecule has 1 heterocycles. The number of para-hydroxylation sites is 1. The fourth-order valence-corrected chi connectivity index (χ4v) is 3.03. The van der Waals surface area contributed by atoms with Crippen molar-refractivity contribution in [2.24, 2.45) is 5.41 Å². The number of rotatable bonds is 6. The van der Waals surface area contributed by atoms with Crippen molar-refractivity contribution in [2.45, 2.75) is 39.0 Å². The summed E-state index contributed by atoms with van der Waals surface area (Å²) < 4.78 is 11.7. The van der Waals surface area contributed by atoms with Gasteiger partial charge in [0.2, 0.25) is 0 Å². The number of hydrogen-bond acceptors (Lipinski definition) is 3. The quantitative estimate of drug-likeness (QED) is 0.788. The Bertz CT molecular complexity index is 413. The van der Waals surface area contributed by atoms with Gasteiger partial charge in [0.25, 0.3) is 0 Å². The molecule has 1 aliphatic rings. The molecule has 0 amide bonds. The molecule has 0 bridgehead atoms. The van der Waals surface area contributed by atoms with Gasteiger partial charge in [-0.15, -0.1) is 0 Å². The summed E-state index contributed by atoms with van der Waals surface area (Å²) in [7, 11) is 0. The minimum absolute atomic E-state index is 0.171. The second-order valence-electron chi connectivity index (χ2n) is 5.91. The van der Waals surface area contributed by atoms with Crippen LogP contribution in [0.4, 0.5) is 0 Å². The van der Waals surface area contributed by atoms with Crippen LogP contribution in [0.25, 0.3) is 0 Å². The summed E-state index contributed by atoms with van der Waals surface area (Å²) in [5, 5.41) is 0. The zero-order valence-electron chi connectivity index (χ0n) is 12.6. The van der Waals surface area contributed by atoms with Crippen LogP contribution in [0.1, 0.15) is 44.6 Å². The standard InChI is InChI=1S/C17H26O2S/c1-3-14(2)15-6-4-5-7-16(15)19-12-17(13-20)8-10-18-11-9-17/h4-7,14,20H,3,8-13H2,1-2H3. The smallest absolute Gasteiger partial charge is 0.122 e. The monoisotopic (exact) mass is 294 g/mol. The lowest BCUT2D eigenvalue weighted by Crippen LogP contribution is -2.37. The molecule has 20 heavy (non-hydrogen) atoms. The first-order valence-electron chi connectivity index (χ1n) is 7.61. The third-order valence-corrected chi connectivity index (χ3v) is 5.16. The molecule has 1 aromatic carbocycles. The maximum absolute atomic E-state index is 6.19. The van der Waals surface area contributed by atoms with Crippen molar-refractivity contribution < 1.29 is 9.47 Å².